The van der Waals surface area contributed by atoms with Gasteiger partial charge in [0, 0.05) is 26.1 Å². The normalized spacial score (nSPS) is 20.0. The average Bonchev–Trinajstić information content (AvgIpc) is 3.05. The summed E-state index contributed by atoms with van der Waals surface area (Å²) in [6.45, 7) is 6.24. The molecule has 0 spiro atoms. The van der Waals surface area contributed by atoms with Crippen molar-refractivity contribution in [2.24, 2.45) is 5.92 Å². The van der Waals surface area contributed by atoms with Crippen molar-refractivity contribution in [3.8, 4) is 0 Å². The number of morpholine rings is 1. The van der Waals surface area contributed by atoms with Crippen molar-refractivity contribution >= 4 is 11.0 Å². The predicted molar refractivity (Wildman–Crippen MR) is 107 cm³/mol. The van der Waals surface area contributed by atoms with Gasteiger partial charge in [0.15, 0.2) is 0 Å². The Balaban J connectivity index is 1.40. The molecule has 4 heteroatoms. The predicted octanol–water partition coefficient (Wildman–Crippen LogP) is 4.27. The second-order valence-corrected chi connectivity index (χ2v) is 8.02. The maximum absolute atomic E-state index is 5.45. The van der Waals surface area contributed by atoms with Gasteiger partial charge >= 0.3 is 0 Å². The number of hydrogen-bond donors (Lipinski definition) is 0. The molecule has 26 heavy (non-hydrogen) atoms. The van der Waals surface area contributed by atoms with Gasteiger partial charge in [0.25, 0.3) is 0 Å². The molecule has 1 saturated heterocycles. The van der Waals surface area contributed by atoms with Crippen LogP contribution in [0.1, 0.15) is 50.8 Å². The Bertz CT molecular complexity index is 684. The number of benzene rings is 1. The van der Waals surface area contributed by atoms with Crippen LogP contribution in [0.4, 0.5) is 0 Å². The molecule has 0 amide bonds. The first-order valence-electron chi connectivity index (χ1n) is 10.6. The SMILES string of the molecule is c1ccc2c(c1)nc(CCCN1CCOCC1)n2CCC1CCCCC1. The lowest BCUT2D eigenvalue weighted by molar-refractivity contribution is 0.0374. The quantitative estimate of drug-likeness (QED) is 0.743. The van der Waals surface area contributed by atoms with Crippen LogP contribution < -0.4 is 0 Å². The summed E-state index contributed by atoms with van der Waals surface area (Å²) >= 11 is 0. The topological polar surface area (TPSA) is 30.3 Å². The molecule has 142 valence electrons. The first kappa shape index (κ1) is 18.0. The van der Waals surface area contributed by atoms with Crippen LogP contribution in [-0.4, -0.2) is 47.3 Å². The highest BCUT2D eigenvalue weighted by Crippen LogP contribution is 2.28. The molecule has 1 aliphatic carbocycles. The van der Waals surface area contributed by atoms with Gasteiger partial charge in [-0.1, -0.05) is 44.2 Å². The molecule has 1 aromatic carbocycles. The lowest BCUT2D eigenvalue weighted by atomic mass is 9.87. The van der Waals surface area contributed by atoms with E-state index in [-0.39, 0.29) is 0 Å². The summed E-state index contributed by atoms with van der Waals surface area (Å²) in [7, 11) is 0. The maximum Gasteiger partial charge on any atom is 0.109 e. The number of imidazole rings is 1. The number of para-hydroxylation sites is 2. The lowest BCUT2D eigenvalue weighted by Gasteiger charge is -2.26. The molecule has 0 atom stereocenters. The molecule has 2 aromatic rings. The fraction of sp³-hybridized carbons (Fsp3) is 0.682. The molecule has 0 N–H and O–H groups in total. The number of rotatable bonds is 7. The van der Waals surface area contributed by atoms with E-state index in [9.17, 15) is 0 Å². The van der Waals surface area contributed by atoms with Crippen molar-refractivity contribution in [1.29, 1.82) is 0 Å². The van der Waals surface area contributed by atoms with E-state index in [1.807, 2.05) is 0 Å². The van der Waals surface area contributed by atoms with Crippen molar-refractivity contribution < 1.29 is 4.74 Å². The van der Waals surface area contributed by atoms with E-state index in [2.05, 4.69) is 33.7 Å². The van der Waals surface area contributed by atoms with E-state index in [1.165, 1.54) is 56.3 Å². The Hall–Kier alpha value is -1.39. The van der Waals surface area contributed by atoms with Gasteiger partial charge in [0.2, 0.25) is 0 Å². The summed E-state index contributed by atoms with van der Waals surface area (Å²) in [6, 6.07) is 8.67. The van der Waals surface area contributed by atoms with E-state index in [0.717, 1.165) is 57.2 Å². The zero-order valence-corrected chi connectivity index (χ0v) is 16.0. The van der Waals surface area contributed by atoms with Gasteiger partial charge in [0.1, 0.15) is 5.82 Å². The van der Waals surface area contributed by atoms with E-state index >= 15 is 0 Å². The Morgan fingerprint density at radius 1 is 1.00 bits per heavy atom. The molecule has 4 rings (SSSR count). The molecule has 1 saturated carbocycles. The number of ether oxygens (including phenoxy) is 1. The molecular formula is C22H33N3O. The van der Waals surface area contributed by atoms with E-state index in [4.69, 9.17) is 9.72 Å². The highest BCUT2D eigenvalue weighted by molar-refractivity contribution is 5.75. The standard InChI is InChI=1S/C22H33N3O/c1-2-7-19(8-3-1)12-14-25-21-10-5-4-9-20(21)23-22(25)11-6-13-24-15-17-26-18-16-24/h4-5,9-10,19H,1-3,6-8,11-18H2. The molecule has 0 bridgehead atoms. The van der Waals surface area contributed by atoms with Gasteiger partial charge < -0.3 is 9.30 Å². The third kappa shape index (κ3) is 4.47. The second kappa shape index (κ2) is 9.01. The Kier molecular flexibility index (Phi) is 6.23. The van der Waals surface area contributed by atoms with Gasteiger partial charge in [-0.15, -0.1) is 0 Å². The molecule has 1 aromatic heterocycles. The third-order valence-corrected chi connectivity index (χ3v) is 6.20. The van der Waals surface area contributed by atoms with Gasteiger partial charge in [-0.3, -0.25) is 4.90 Å². The first-order valence-corrected chi connectivity index (χ1v) is 10.6. The van der Waals surface area contributed by atoms with Gasteiger partial charge in [-0.2, -0.15) is 0 Å². The average molecular weight is 356 g/mol. The molecule has 0 unspecified atom stereocenters. The molecule has 1 aliphatic heterocycles. The Labute approximate surface area is 157 Å². The summed E-state index contributed by atoms with van der Waals surface area (Å²) in [5, 5.41) is 0. The highest BCUT2D eigenvalue weighted by atomic mass is 16.5. The monoisotopic (exact) mass is 355 g/mol. The fourth-order valence-corrected chi connectivity index (χ4v) is 4.64. The van der Waals surface area contributed by atoms with E-state index in [1.54, 1.807) is 0 Å². The number of aromatic nitrogens is 2. The van der Waals surface area contributed by atoms with Gasteiger partial charge in [0.05, 0.1) is 24.2 Å². The number of hydrogen-bond acceptors (Lipinski definition) is 3. The molecule has 4 nitrogen and oxygen atoms in total. The smallest absolute Gasteiger partial charge is 0.109 e. The summed E-state index contributed by atoms with van der Waals surface area (Å²) in [5.41, 5.74) is 2.49. The van der Waals surface area contributed by atoms with Crippen LogP contribution in [0.5, 0.6) is 0 Å². The zero-order chi connectivity index (χ0) is 17.6. The molecule has 2 heterocycles. The third-order valence-electron chi connectivity index (χ3n) is 6.20. The van der Waals surface area contributed by atoms with Gasteiger partial charge in [-0.25, -0.2) is 4.98 Å². The number of aryl methyl sites for hydroxylation is 2. The minimum Gasteiger partial charge on any atom is -0.379 e. The molecule has 0 radical (unpaired) electrons. The second-order valence-electron chi connectivity index (χ2n) is 8.02. The molecular weight excluding hydrogens is 322 g/mol. The summed E-state index contributed by atoms with van der Waals surface area (Å²) in [4.78, 5) is 7.51. The van der Waals surface area contributed by atoms with Gasteiger partial charge in [-0.05, 0) is 37.4 Å². The fourth-order valence-electron chi connectivity index (χ4n) is 4.64. The molecule has 2 fully saturated rings. The van der Waals surface area contributed by atoms with Crippen LogP contribution in [0.2, 0.25) is 0 Å². The van der Waals surface area contributed by atoms with Crippen LogP contribution in [0.25, 0.3) is 11.0 Å². The van der Waals surface area contributed by atoms with Crippen LogP contribution in [0.3, 0.4) is 0 Å². The van der Waals surface area contributed by atoms with Crippen molar-refractivity contribution in [3.63, 3.8) is 0 Å². The first-order chi connectivity index (χ1) is 12.9. The Morgan fingerprint density at radius 2 is 1.81 bits per heavy atom. The van der Waals surface area contributed by atoms with Crippen LogP contribution >= 0.6 is 0 Å². The number of fused-ring (bicyclic) bond motifs is 1. The minimum absolute atomic E-state index is 0.889. The minimum atomic E-state index is 0.889. The van der Waals surface area contributed by atoms with Crippen molar-refractivity contribution in [2.75, 3.05) is 32.8 Å². The summed E-state index contributed by atoms with van der Waals surface area (Å²) in [5.74, 6) is 2.21. The van der Waals surface area contributed by atoms with Crippen LogP contribution in [-0.2, 0) is 17.7 Å². The summed E-state index contributed by atoms with van der Waals surface area (Å²) < 4.78 is 7.97. The van der Waals surface area contributed by atoms with Crippen molar-refractivity contribution in [3.05, 3.63) is 30.1 Å². The Morgan fingerprint density at radius 3 is 2.65 bits per heavy atom. The highest BCUT2D eigenvalue weighted by Gasteiger charge is 2.16. The van der Waals surface area contributed by atoms with E-state index in [0.29, 0.717) is 0 Å². The summed E-state index contributed by atoms with van der Waals surface area (Å²) in [6.07, 6.45) is 10.7. The van der Waals surface area contributed by atoms with E-state index < -0.39 is 0 Å². The van der Waals surface area contributed by atoms with Crippen molar-refractivity contribution in [2.45, 2.75) is 57.9 Å². The largest absolute Gasteiger partial charge is 0.379 e. The van der Waals surface area contributed by atoms with Crippen molar-refractivity contribution in [1.82, 2.24) is 14.5 Å². The number of nitrogens with zero attached hydrogens (tertiary/aromatic N) is 3. The molecule has 2 aliphatic rings. The lowest BCUT2D eigenvalue weighted by Crippen LogP contribution is -2.37. The van der Waals surface area contributed by atoms with Crippen LogP contribution in [0.15, 0.2) is 24.3 Å². The zero-order valence-electron chi connectivity index (χ0n) is 16.0. The maximum atomic E-state index is 5.45. The van der Waals surface area contributed by atoms with Crippen LogP contribution in [0, 0.1) is 5.92 Å².